The highest BCUT2D eigenvalue weighted by atomic mass is 29.9. The average Bonchev–Trinajstić information content (AvgIpc) is 2.02. The summed E-state index contributed by atoms with van der Waals surface area (Å²) in [6.45, 7) is 26.7. The molecule has 0 amide bonds. The van der Waals surface area contributed by atoms with Crippen LogP contribution in [-0.2, 0) is 0 Å². The van der Waals surface area contributed by atoms with Gasteiger partial charge in [0.2, 0.25) is 0 Å². The largest absolute Gasteiger partial charge is 0.0735 e. The zero-order chi connectivity index (χ0) is 12.7. The SMILES string of the molecule is C[Si](C)[Si](C)(C)[Si](C)(C)[Si](C)(C)[Si](C)C. The topological polar surface area (TPSA) is 0 Å². The van der Waals surface area contributed by atoms with E-state index in [-0.39, 0.29) is 16.6 Å². The Labute approximate surface area is 103 Å². The van der Waals surface area contributed by atoms with Crippen molar-refractivity contribution in [1.29, 1.82) is 0 Å². The van der Waals surface area contributed by atoms with Crippen LogP contribution in [0.3, 0.4) is 0 Å². The van der Waals surface area contributed by atoms with E-state index >= 15 is 0 Å². The van der Waals surface area contributed by atoms with Crippen molar-refractivity contribution in [3.05, 3.63) is 0 Å². The van der Waals surface area contributed by atoms with E-state index in [1.807, 2.05) is 0 Å². The molecule has 2 radical (unpaired) electrons. The molecule has 0 fully saturated rings. The third kappa shape index (κ3) is 2.67. The molecule has 0 heterocycles. The Balaban J connectivity index is 5.30. The maximum Gasteiger partial charge on any atom is 0.0307 e. The van der Waals surface area contributed by atoms with E-state index in [1.54, 1.807) is 0 Å². The molecule has 0 unspecified atom stereocenters. The van der Waals surface area contributed by atoms with Crippen molar-refractivity contribution >= 4 is 38.0 Å². The van der Waals surface area contributed by atoms with E-state index in [1.165, 1.54) is 0 Å². The van der Waals surface area contributed by atoms with Crippen molar-refractivity contribution in [1.82, 2.24) is 0 Å². The van der Waals surface area contributed by atoms with Gasteiger partial charge in [-0.3, -0.25) is 0 Å². The van der Waals surface area contributed by atoms with Gasteiger partial charge in [0, 0.05) is 38.0 Å². The Hall–Kier alpha value is 1.08. The van der Waals surface area contributed by atoms with Crippen LogP contribution >= 0.6 is 0 Å². The van der Waals surface area contributed by atoms with Crippen LogP contribution in [0.15, 0.2) is 0 Å². The Bertz CT molecular complexity index is 196. The van der Waals surface area contributed by atoms with Crippen molar-refractivity contribution < 1.29 is 0 Å². The summed E-state index contributed by atoms with van der Waals surface area (Å²) in [7, 11) is -2.74. The number of hydrogen-bond donors (Lipinski definition) is 0. The lowest BCUT2D eigenvalue weighted by Gasteiger charge is -2.52. The predicted molar refractivity (Wildman–Crippen MR) is 87.4 cm³/mol. The van der Waals surface area contributed by atoms with Crippen LogP contribution < -0.4 is 0 Å². The molecule has 0 saturated heterocycles. The molecule has 0 rings (SSSR count). The first-order valence-electron chi connectivity index (χ1n) is 6.00. The molecular formula is C10H30Si5. The summed E-state index contributed by atoms with van der Waals surface area (Å²) in [6, 6.07) is 0. The van der Waals surface area contributed by atoms with Gasteiger partial charge in [0.05, 0.1) is 0 Å². The van der Waals surface area contributed by atoms with Crippen molar-refractivity contribution in [3.8, 4) is 0 Å². The molecule has 0 saturated carbocycles. The molecule has 0 aliphatic heterocycles. The van der Waals surface area contributed by atoms with Crippen molar-refractivity contribution in [2.75, 3.05) is 0 Å². The average molecular weight is 291 g/mol. The first-order chi connectivity index (χ1) is 6.39. The van der Waals surface area contributed by atoms with Gasteiger partial charge in [-0.2, -0.15) is 0 Å². The summed E-state index contributed by atoms with van der Waals surface area (Å²) in [5.74, 6) is 0. The Morgan fingerprint density at radius 2 is 0.733 bits per heavy atom. The van der Waals surface area contributed by atoms with Crippen LogP contribution in [0.4, 0.5) is 0 Å². The van der Waals surface area contributed by atoms with Crippen LogP contribution in [0.1, 0.15) is 0 Å². The van der Waals surface area contributed by atoms with Crippen LogP contribution in [0.5, 0.6) is 0 Å². The maximum absolute atomic E-state index is 2.75. The summed E-state index contributed by atoms with van der Waals surface area (Å²) in [5, 5.41) is 0. The van der Waals surface area contributed by atoms with Gasteiger partial charge in [-0.15, -0.1) is 0 Å². The second-order valence-corrected chi connectivity index (χ2v) is 53.6. The van der Waals surface area contributed by atoms with Crippen molar-refractivity contribution in [2.45, 2.75) is 65.5 Å². The fraction of sp³-hybridized carbons (Fsp3) is 1.00. The fourth-order valence-corrected chi connectivity index (χ4v) is 88.6. The number of hydrogen-bond acceptors (Lipinski definition) is 0. The molecule has 0 aromatic heterocycles. The van der Waals surface area contributed by atoms with Crippen LogP contribution in [0.25, 0.3) is 0 Å². The number of rotatable bonds is 4. The van der Waals surface area contributed by atoms with Crippen molar-refractivity contribution in [3.63, 3.8) is 0 Å². The van der Waals surface area contributed by atoms with E-state index in [2.05, 4.69) is 65.5 Å². The Morgan fingerprint density at radius 1 is 0.533 bits per heavy atom. The molecule has 0 nitrogen and oxygen atoms in total. The van der Waals surface area contributed by atoms with Crippen molar-refractivity contribution in [2.24, 2.45) is 0 Å². The third-order valence-corrected chi connectivity index (χ3v) is 86.6. The predicted octanol–water partition coefficient (Wildman–Crippen LogP) is 3.93. The molecular weight excluding hydrogens is 261 g/mol. The molecule has 0 bridgehead atoms. The third-order valence-electron chi connectivity index (χ3n) is 5.62. The van der Waals surface area contributed by atoms with E-state index in [9.17, 15) is 0 Å². The summed E-state index contributed by atoms with van der Waals surface area (Å²) < 4.78 is 0. The summed E-state index contributed by atoms with van der Waals surface area (Å²) in [5.41, 5.74) is 0. The molecule has 90 valence electrons. The summed E-state index contributed by atoms with van der Waals surface area (Å²) in [6.07, 6.45) is 0. The zero-order valence-electron chi connectivity index (χ0n) is 12.5. The molecule has 0 aromatic rings. The van der Waals surface area contributed by atoms with Gasteiger partial charge in [0.15, 0.2) is 0 Å². The minimum atomic E-state index is -0.916. The molecule has 0 aliphatic carbocycles. The van der Waals surface area contributed by atoms with E-state index in [4.69, 9.17) is 0 Å². The molecule has 0 N–H and O–H groups in total. The van der Waals surface area contributed by atoms with Gasteiger partial charge < -0.3 is 0 Å². The smallest absolute Gasteiger partial charge is 0.0307 e. The van der Waals surface area contributed by atoms with Gasteiger partial charge >= 0.3 is 0 Å². The second kappa shape index (κ2) is 4.76. The normalized spacial score (nSPS) is 15.2. The minimum Gasteiger partial charge on any atom is -0.0735 e. The van der Waals surface area contributed by atoms with Gasteiger partial charge in [-0.05, 0) is 0 Å². The van der Waals surface area contributed by atoms with E-state index < -0.39 is 21.3 Å². The monoisotopic (exact) mass is 290 g/mol. The first-order valence-corrected chi connectivity index (χ1v) is 24.0. The lowest BCUT2D eigenvalue weighted by molar-refractivity contribution is 1.80. The van der Waals surface area contributed by atoms with E-state index in [0.29, 0.717) is 0 Å². The molecule has 0 aliphatic rings. The van der Waals surface area contributed by atoms with Crippen LogP contribution in [0.2, 0.25) is 65.5 Å². The highest BCUT2D eigenvalue weighted by molar-refractivity contribution is 7.88. The van der Waals surface area contributed by atoms with Crippen LogP contribution in [-0.4, -0.2) is 38.0 Å². The molecule has 0 spiro atoms. The molecule has 0 aromatic carbocycles. The highest BCUT2D eigenvalue weighted by Gasteiger charge is 2.54. The molecule has 15 heavy (non-hydrogen) atoms. The quantitative estimate of drug-likeness (QED) is 0.688. The summed E-state index contributed by atoms with van der Waals surface area (Å²) >= 11 is 0. The highest BCUT2D eigenvalue weighted by Crippen LogP contribution is 2.32. The first kappa shape index (κ1) is 16.1. The van der Waals surface area contributed by atoms with E-state index in [0.717, 1.165) is 0 Å². The Morgan fingerprint density at radius 3 is 0.867 bits per heavy atom. The lowest BCUT2D eigenvalue weighted by atomic mass is 11.9. The standard InChI is InChI=1S/C10H30Si5/c1-11(2)13(5,6)15(9,10)14(7,8)12(3)4/h1-10H3. The Kier molecular flexibility index (Phi) is 5.10. The molecule has 0 atom stereocenters. The summed E-state index contributed by atoms with van der Waals surface area (Å²) in [4.78, 5) is 0. The van der Waals surface area contributed by atoms with Gasteiger partial charge in [-0.25, -0.2) is 0 Å². The molecule has 5 heteroatoms. The maximum atomic E-state index is 2.75. The second-order valence-electron chi connectivity index (χ2n) is 6.88. The van der Waals surface area contributed by atoms with Gasteiger partial charge in [-0.1, -0.05) is 65.5 Å². The minimum absolute atomic E-state index is 0.0316. The fourth-order valence-electron chi connectivity index (χ4n) is 2.03. The van der Waals surface area contributed by atoms with Gasteiger partial charge in [0.1, 0.15) is 0 Å². The lowest BCUT2D eigenvalue weighted by Crippen LogP contribution is -2.78. The zero-order valence-corrected chi connectivity index (χ0v) is 17.5. The van der Waals surface area contributed by atoms with Crippen LogP contribution in [0, 0.1) is 0 Å². The van der Waals surface area contributed by atoms with Gasteiger partial charge in [0.25, 0.3) is 0 Å².